The molecule has 1 aliphatic heterocycles. The van der Waals surface area contributed by atoms with Crippen molar-refractivity contribution >= 4 is 68.7 Å². The number of amides is 4. The van der Waals surface area contributed by atoms with E-state index in [1.165, 1.54) is 24.3 Å². The van der Waals surface area contributed by atoms with E-state index in [4.69, 9.17) is 32.7 Å². The summed E-state index contributed by atoms with van der Waals surface area (Å²) in [7, 11) is 0. The summed E-state index contributed by atoms with van der Waals surface area (Å²) in [6, 6.07) is 13.2. The maximum atomic E-state index is 13.8. The van der Waals surface area contributed by atoms with Crippen LogP contribution in [0.4, 0.5) is 14.9 Å². The van der Waals surface area contributed by atoms with Crippen molar-refractivity contribution in [1.82, 2.24) is 10.2 Å². The van der Waals surface area contributed by atoms with E-state index in [1.807, 2.05) is 6.92 Å². The summed E-state index contributed by atoms with van der Waals surface area (Å²) in [5, 5.41) is 5.77. The van der Waals surface area contributed by atoms with Gasteiger partial charge in [0.25, 0.3) is 5.91 Å². The van der Waals surface area contributed by atoms with E-state index in [0.29, 0.717) is 38.2 Å². The summed E-state index contributed by atoms with van der Waals surface area (Å²) in [6.07, 6.45) is 1.45. The molecule has 0 saturated carbocycles. The Bertz CT molecular complexity index is 1480. The van der Waals surface area contributed by atoms with Crippen LogP contribution in [0.2, 0.25) is 10.0 Å². The molecule has 0 aromatic heterocycles. The third-order valence-corrected chi connectivity index (χ3v) is 6.62. The van der Waals surface area contributed by atoms with Gasteiger partial charge in [-0.15, -0.1) is 0 Å². The van der Waals surface area contributed by atoms with E-state index >= 15 is 0 Å². The highest BCUT2D eigenvalue weighted by Gasteiger charge is 2.35. The van der Waals surface area contributed by atoms with Crippen LogP contribution in [0.1, 0.15) is 18.1 Å². The van der Waals surface area contributed by atoms with Gasteiger partial charge in [-0.05, 0) is 70.9 Å². The fraction of sp³-hybridized carbons (Fsp3) is 0.148. The number of urea groups is 1. The van der Waals surface area contributed by atoms with E-state index in [1.54, 1.807) is 36.4 Å². The predicted molar refractivity (Wildman–Crippen MR) is 149 cm³/mol. The highest BCUT2D eigenvalue weighted by molar-refractivity contribution is 9.10. The second-order valence-corrected chi connectivity index (χ2v) is 9.89. The average Bonchev–Trinajstić information content (AvgIpc) is 3.13. The van der Waals surface area contributed by atoms with Gasteiger partial charge >= 0.3 is 6.03 Å². The summed E-state index contributed by atoms with van der Waals surface area (Å²) >= 11 is 15.7. The zero-order valence-corrected chi connectivity index (χ0v) is 23.5. The molecular formula is C27H21BrCl2FN3O5. The number of hydrogen-bond acceptors (Lipinski definition) is 5. The number of anilines is 1. The van der Waals surface area contributed by atoms with Crippen LogP contribution in [0.5, 0.6) is 11.5 Å². The highest BCUT2D eigenvalue weighted by Crippen LogP contribution is 2.38. The standard InChI is InChI=1S/C27H21BrCl2FN3O5/c1-2-38-23-11-15(9-18(28)25(23)39-14-16-7-8-17(29)12-19(16)30)10-22-26(36)34(27(37)33-22)13-24(35)32-21-6-4-3-5-20(21)31/h3-12H,2,13-14H2,1H3,(H,32,35)(H,33,37)/b22-10+. The topological polar surface area (TPSA) is 97.0 Å². The fourth-order valence-electron chi connectivity index (χ4n) is 3.64. The summed E-state index contributed by atoms with van der Waals surface area (Å²) in [5.41, 5.74) is 1.14. The van der Waals surface area contributed by atoms with Gasteiger partial charge in [0.15, 0.2) is 11.5 Å². The SMILES string of the molecule is CCOc1cc(/C=C2/NC(=O)N(CC(=O)Nc3ccccc3F)C2=O)cc(Br)c1OCc1ccc(Cl)cc1Cl. The van der Waals surface area contributed by atoms with E-state index in [9.17, 15) is 18.8 Å². The van der Waals surface area contributed by atoms with E-state index in [0.717, 1.165) is 10.5 Å². The molecule has 1 saturated heterocycles. The van der Waals surface area contributed by atoms with Gasteiger partial charge in [0, 0.05) is 15.6 Å². The molecule has 0 unspecified atom stereocenters. The quantitative estimate of drug-likeness (QED) is 0.209. The lowest BCUT2D eigenvalue weighted by Crippen LogP contribution is -2.38. The Hall–Kier alpha value is -3.60. The zero-order chi connectivity index (χ0) is 28.1. The maximum Gasteiger partial charge on any atom is 0.329 e. The van der Waals surface area contributed by atoms with Crippen LogP contribution >= 0.6 is 39.1 Å². The molecule has 202 valence electrons. The Morgan fingerprint density at radius 3 is 2.62 bits per heavy atom. The van der Waals surface area contributed by atoms with Crippen molar-refractivity contribution in [3.63, 3.8) is 0 Å². The van der Waals surface area contributed by atoms with Crippen LogP contribution < -0.4 is 20.1 Å². The monoisotopic (exact) mass is 635 g/mol. The number of nitrogens with zero attached hydrogens (tertiary/aromatic N) is 1. The van der Waals surface area contributed by atoms with Crippen LogP contribution in [0, 0.1) is 5.82 Å². The first kappa shape index (κ1) is 28.4. The van der Waals surface area contributed by atoms with Crippen LogP contribution in [0.15, 0.2) is 64.8 Å². The molecule has 1 heterocycles. The number of hydrogen-bond donors (Lipinski definition) is 2. The molecular weight excluding hydrogens is 616 g/mol. The first-order valence-corrected chi connectivity index (χ1v) is 13.1. The van der Waals surface area contributed by atoms with Gasteiger partial charge < -0.3 is 20.1 Å². The van der Waals surface area contributed by atoms with Crippen molar-refractivity contribution in [3.05, 3.63) is 91.8 Å². The Morgan fingerprint density at radius 2 is 1.90 bits per heavy atom. The Labute approximate surface area is 241 Å². The average molecular weight is 637 g/mol. The van der Waals surface area contributed by atoms with Crippen LogP contribution in [-0.2, 0) is 16.2 Å². The minimum atomic E-state index is -0.779. The van der Waals surface area contributed by atoms with Gasteiger partial charge in [-0.2, -0.15) is 0 Å². The molecule has 0 radical (unpaired) electrons. The van der Waals surface area contributed by atoms with Crippen molar-refractivity contribution in [1.29, 1.82) is 0 Å². The van der Waals surface area contributed by atoms with Gasteiger partial charge in [0.2, 0.25) is 5.91 Å². The lowest BCUT2D eigenvalue weighted by molar-refractivity contribution is -0.127. The number of carbonyl (C=O) groups is 3. The fourth-order valence-corrected chi connectivity index (χ4v) is 4.68. The molecule has 12 heteroatoms. The lowest BCUT2D eigenvalue weighted by Gasteiger charge is -2.15. The number of halogens is 4. The Balaban J connectivity index is 1.50. The van der Waals surface area contributed by atoms with Crippen LogP contribution in [0.25, 0.3) is 6.08 Å². The molecule has 1 fully saturated rings. The molecule has 39 heavy (non-hydrogen) atoms. The molecule has 0 aliphatic carbocycles. The predicted octanol–water partition coefficient (Wildman–Crippen LogP) is 6.40. The molecule has 8 nitrogen and oxygen atoms in total. The normalized spacial score (nSPS) is 14.0. The van der Waals surface area contributed by atoms with Crippen molar-refractivity contribution in [3.8, 4) is 11.5 Å². The van der Waals surface area contributed by atoms with Gasteiger partial charge in [0.05, 0.1) is 16.8 Å². The first-order valence-electron chi connectivity index (χ1n) is 11.6. The molecule has 4 amide bonds. The van der Waals surface area contributed by atoms with Crippen molar-refractivity contribution < 1.29 is 28.2 Å². The number of ether oxygens (including phenoxy) is 2. The molecule has 0 atom stereocenters. The van der Waals surface area contributed by atoms with Gasteiger partial charge in [-0.25, -0.2) is 14.1 Å². The van der Waals surface area contributed by atoms with E-state index in [-0.39, 0.29) is 18.0 Å². The number of para-hydroxylation sites is 1. The molecule has 3 aromatic rings. The largest absolute Gasteiger partial charge is 0.490 e. The molecule has 3 aromatic carbocycles. The smallest absolute Gasteiger partial charge is 0.329 e. The summed E-state index contributed by atoms with van der Waals surface area (Å²) < 4.78 is 26.1. The number of nitrogens with one attached hydrogen (secondary N) is 2. The molecule has 0 spiro atoms. The first-order chi connectivity index (χ1) is 18.7. The Morgan fingerprint density at radius 1 is 1.13 bits per heavy atom. The Kier molecular flexibility index (Phi) is 9.11. The van der Waals surface area contributed by atoms with E-state index in [2.05, 4.69) is 26.6 Å². The zero-order valence-electron chi connectivity index (χ0n) is 20.4. The van der Waals surface area contributed by atoms with Gasteiger partial charge in [-0.1, -0.05) is 41.4 Å². The summed E-state index contributed by atoms with van der Waals surface area (Å²) in [5.74, 6) is -1.27. The summed E-state index contributed by atoms with van der Waals surface area (Å²) in [4.78, 5) is 38.4. The second-order valence-electron chi connectivity index (χ2n) is 8.19. The van der Waals surface area contributed by atoms with Crippen molar-refractivity contribution in [2.24, 2.45) is 0 Å². The highest BCUT2D eigenvalue weighted by atomic mass is 79.9. The van der Waals surface area contributed by atoms with Crippen molar-refractivity contribution in [2.45, 2.75) is 13.5 Å². The second kappa shape index (κ2) is 12.5. The summed E-state index contributed by atoms with van der Waals surface area (Å²) in [6.45, 7) is 1.70. The lowest BCUT2D eigenvalue weighted by atomic mass is 10.1. The molecule has 0 bridgehead atoms. The number of rotatable bonds is 9. The molecule has 4 rings (SSSR count). The third kappa shape index (κ3) is 6.89. The van der Waals surface area contributed by atoms with E-state index < -0.39 is 30.2 Å². The maximum absolute atomic E-state index is 13.8. The number of benzene rings is 3. The van der Waals surface area contributed by atoms with Crippen molar-refractivity contribution in [2.75, 3.05) is 18.5 Å². The third-order valence-electron chi connectivity index (χ3n) is 5.44. The molecule has 2 N–H and O–H groups in total. The minimum Gasteiger partial charge on any atom is -0.490 e. The van der Waals surface area contributed by atoms with Crippen LogP contribution in [0.3, 0.4) is 0 Å². The van der Waals surface area contributed by atoms with Gasteiger partial charge in [0.1, 0.15) is 24.7 Å². The number of carbonyl (C=O) groups excluding carboxylic acids is 3. The van der Waals surface area contributed by atoms with Crippen LogP contribution in [-0.4, -0.2) is 35.9 Å². The van der Waals surface area contributed by atoms with Gasteiger partial charge in [-0.3, -0.25) is 9.59 Å². The minimum absolute atomic E-state index is 0.0466. The molecule has 1 aliphatic rings. The number of imide groups is 1.